The molecule has 0 fully saturated rings. The van der Waals surface area contributed by atoms with Gasteiger partial charge in [-0.2, -0.15) is 0 Å². The molecule has 0 aliphatic heterocycles. The fourth-order valence-corrected chi connectivity index (χ4v) is 1.79. The molecule has 6 heteroatoms. The third-order valence-corrected chi connectivity index (χ3v) is 3.39. The Morgan fingerprint density at radius 1 is 1.65 bits per heavy atom. The molecule has 17 heavy (non-hydrogen) atoms. The van der Waals surface area contributed by atoms with Gasteiger partial charge in [0.05, 0.1) is 17.1 Å². The normalized spacial score (nSPS) is 11.4. The van der Waals surface area contributed by atoms with E-state index in [1.807, 2.05) is 0 Å². The molecular formula is C11H11BrClNO3. The van der Waals surface area contributed by atoms with Crippen LogP contribution in [0.4, 0.5) is 0 Å². The summed E-state index contributed by atoms with van der Waals surface area (Å²) in [5.41, 5.74) is 0.705. The lowest BCUT2D eigenvalue weighted by Crippen LogP contribution is -1.97. The van der Waals surface area contributed by atoms with Gasteiger partial charge in [-0.25, -0.2) is 0 Å². The van der Waals surface area contributed by atoms with Crippen molar-refractivity contribution < 1.29 is 9.66 Å². The lowest BCUT2D eigenvalue weighted by molar-refractivity contribution is -0.425. The van der Waals surface area contributed by atoms with Crippen molar-refractivity contribution in [2.45, 2.75) is 13.3 Å². The first-order valence-corrected chi connectivity index (χ1v) is 6.04. The lowest BCUT2D eigenvalue weighted by atomic mass is 10.1. The number of halogens is 2. The second kappa shape index (κ2) is 6.02. The van der Waals surface area contributed by atoms with Gasteiger partial charge in [-0.1, -0.05) is 18.5 Å². The van der Waals surface area contributed by atoms with Gasteiger partial charge in [0.1, 0.15) is 5.75 Å². The van der Waals surface area contributed by atoms with Gasteiger partial charge in [0, 0.05) is 22.5 Å². The van der Waals surface area contributed by atoms with Crippen LogP contribution < -0.4 is 4.74 Å². The van der Waals surface area contributed by atoms with E-state index in [2.05, 4.69) is 15.9 Å². The fraction of sp³-hybridized carbons (Fsp3) is 0.273. The molecule has 0 aliphatic rings. The van der Waals surface area contributed by atoms with Crippen LogP contribution in [0.5, 0.6) is 5.75 Å². The number of nitro groups is 1. The van der Waals surface area contributed by atoms with Crippen LogP contribution in [0.2, 0.25) is 5.02 Å². The molecule has 1 aromatic rings. The van der Waals surface area contributed by atoms with Gasteiger partial charge in [-0.15, -0.1) is 0 Å². The maximum absolute atomic E-state index is 10.7. The molecule has 92 valence electrons. The van der Waals surface area contributed by atoms with Crippen LogP contribution >= 0.6 is 27.5 Å². The van der Waals surface area contributed by atoms with Gasteiger partial charge >= 0.3 is 0 Å². The number of benzene rings is 1. The molecule has 4 nitrogen and oxygen atoms in total. The molecule has 0 amide bonds. The molecule has 1 rings (SSSR count). The van der Waals surface area contributed by atoms with Crippen molar-refractivity contribution in [1.82, 2.24) is 0 Å². The second-order valence-electron chi connectivity index (χ2n) is 3.25. The third-order valence-electron chi connectivity index (χ3n) is 2.19. The highest BCUT2D eigenvalue weighted by atomic mass is 79.9. The van der Waals surface area contributed by atoms with Crippen LogP contribution in [0.3, 0.4) is 0 Å². The van der Waals surface area contributed by atoms with Crippen LogP contribution in [0, 0.1) is 10.1 Å². The van der Waals surface area contributed by atoms with Gasteiger partial charge in [0.15, 0.2) is 0 Å². The molecule has 0 bridgehead atoms. The molecule has 0 spiro atoms. The largest absolute Gasteiger partial charge is 0.496 e. The minimum Gasteiger partial charge on any atom is -0.496 e. The average molecular weight is 321 g/mol. The number of ether oxygens (including phenoxy) is 1. The summed E-state index contributed by atoms with van der Waals surface area (Å²) in [5.74, 6) is 0.536. The number of nitrogens with zero attached hydrogens (tertiary/aromatic N) is 1. The summed E-state index contributed by atoms with van der Waals surface area (Å²) in [4.78, 5) is 10.3. The number of methoxy groups -OCH3 is 1. The molecule has 0 saturated heterocycles. The summed E-state index contributed by atoms with van der Waals surface area (Å²) in [5, 5.41) is 11.2. The van der Waals surface area contributed by atoms with E-state index >= 15 is 0 Å². The van der Waals surface area contributed by atoms with Crippen molar-refractivity contribution in [3.8, 4) is 5.75 Å². The van der Waals surface area contributed by atoms with E-state index in [1.54, 1.807) is 19.1 Å². The Bertz CT molecular complexity index is 474. The zero-order valence-corrected chi connectivity index (χ0v) is 11.7. The Hall–Kier alpha value is -1.07. The van der Waals surface area contributed by atoms with Gasteiger partial charge < -0.3 is 4.74 Å². The Kier molecular flexibility index (Phi) is 4.96. The quantitative estimate of drug-likeness (QED) is 0.619. The lowest BCUT2D eigenvalue weighted by Gasteiger charge is -2.07. The van der Waals surface area contributed by atoms with Crippen molar-refractivity contribution in [2.75, 3.05) is 7.11 Å². The molecule has 0 heterocycles. The molecule has 0 radical (unpaired) electrons. The predicted molar refractivity (Wildman–Crippen MR) is 71.0 cm³/mol. The molecule has 0 unspecified atom stereocenters. The Balaban J connectivity index is 3.30. The summed E-state index contributed by atoms with van der Waals surface area (Å²) in [6.45, 7) is 1.72. The third kappa shape index (κ3) is 3.44. The van der Waals surface area contributed by atoms with E-state index in [4.69, 9.17) is 16.3 Å². The Labute approximate surface area is 113 Å². The number of rotatable bonds is 4. The van der Waals surface area contributed by atoms with Gasteiger partial charge in [-0.3, -0.25) is 10.1 Å². The van der Waals surface area contributed by atoms with Crippen LogP contribution in [0.25, 0.3) is 6.08 Å². The van der Waals surface area contributed by atoms with E-state index in [9.17, 15) is 10.1 Å². The summed E-state index contributed by atoms with van der Waals surface area (Å²) in [7, 11) is 1.50. The van der Waals surface area contributed by atoms with E-state index in [-0.39, 0.29) is 5.70 Å². The van der Waals surface area contributed by atoms with Crippen LogP contribution in [-0.2, 0) is 0 Å². The number of allylic oxidation sites excluding steroid dienone is 1. The van der Waals surface area contributed by atoms with Crippen molar-refractivity contribution >= 4 is 33.6 Å². The van der Waals surface area contributed by atoms with Gasteiger partial charge in [0.25, 0.3) is 0 Å². The highest BCUT2D eigenvalue weighted by molar-refractivity contribution is 9.10. The van der Waals surface area contributed by atoms with Gasteiger partial charge in [0.2, 0.25) is 5.70 Å². The first-order valence-electron chi connectivity index (χ1n) is 4.87. The molecule has 0 saturated carbocycles. The van der Waals surface area contributed by atoms with E-state index in [0.29, 0.717) is 27.2 Å². The molecule has 0 aromatic heterocycles. The summed E-state index contributed by atoms with van der Waals surface area (Å²) in [6, 6.07) is 3.31. The maximum Gasteiger partial charge on any atom is 0.246 e. The standard InChI is InChI=1S/C11H11BrClNO3/c1-3-8(14(15)16)4-7-5-10(13)9(12)6-11(7)17-2/h4-6H,3H2,1-2H3/b8-4+. The Morgan fingerprint density at radius 3 is 2.76 bits per heavy atom. The molecule has 0 aliphatic carbocycles. The zero-order chi connectivity index (χ0) is 13.0. The van der Waals surface area contributed by atoms with Crippen LogP contribution in [0.15, 0.2) is 22.3 Å². The van der Waals surface area contributed by atoms with Gasteiger partial charge in [-0.05, 0) is 28.1 Å². The maximum atomic E-state index is 10.7. The first kappa shape index (κ1) is 14.0. The molecule has 0 atom stereocenters. The van der Waals surface area contributed by atoms with Crippen molar-refractivity contribution in [3.63, 3.8) is 0 Å². The van der Waals surface area contributed by atoms with Crippen LogP contribution in [0.1, 0.15) is 18.9 Å². The summed E-state index contributed by atoms with van der Waals surface area (Å²) < 4.78 is 5.84. The summed E-state index contributed by atoms with van der Waals surface area (Å²) in [6.07, 6.45) is 1.81. The highest BCUT2D eigenvalue weighted by Gasteiger charge is 2.12. The van der Waals surface area contributed by atoms with Crippen molar-refractivity contribution in [1.29, 1.82) is 0 Å². The topological polar surface area (TPSA) is 52.4 Å². The van der Waals surface area contributed by atoms with E-state index in [0.717, 1.165) is 0 Å². The monoisotopic (exact) mass is 319 g/mol. The van der Waals surface area contributed by atoms with Crippen molar-refractivity contribution in [2.24, 2.45) is 0 Å². The van der Waals surface area contributed by atoms with E-state index in [1.165, 1.54) is 13.2 Å². The summed E-state index contributed by atoms with van der Waals surface area (Å²) >= 11 is 9.21. The number of hydrogen-bond donors (Lipinski definition) is 0. The average Bonchev–Trinajstić information content (AvgIpc) is 2.29. The zero-order valence-electron chi connectivity index (χ0n) is 9.37. The minimum absolute atomic E-state index is 0.113. The molecular weight excluding hydrogens is 309 g/mol. The number of hydrogen-bond acceptors (Lipinski definition) is 3. The second-order valence-corrected chi connectivity index (χ2v) is 4.52. The Morgan fingerprint density at radius 2 is 2.29 bits per heavy atom. The smallest absolute Gasteiger partial charge is 0.246 e. The first-order chi connectivity index (χ1) is 7.99. The SMILES string of the molecule is CC/C(=C\c1cc(Cl)c(Br)cc1OC)[N+](=O)[O-]. The fourth-order valence-electron chi connectivity index (χ4n) is 1.30. The van der Waals surface area contributed by atoms with Crippen molar-refractivity contribution in [3.05, 3.63) is 43.0 Å². The molecule has 0 N–H and O–H groups in total. The van der Waals surface area contributed by atoms with E-state index < -0.39 is 4.92 Å². The predicted octanol–water partition coefficient (Wildman–Crippen LogP) is 4.14. The van der Waals surface area contributed by atoms with Crippen LogP contribution in [-0.4, -0.2) is 12.0 Å². The highest BCUT2D eigenvalue weighted by Crippen LogP contribution is 2.32. The molecule has 1 aromatic carbocycles. The minimum atomic E-state index is -0.407.